The van der Waals surface area contributed by atoms with Gasteiger partial charge in [-0.1, -0.05) is 6.07 Å². The highest BCUT2D eigenvalue weighted by Crippen LogP contribution is 2.20. The molecule has 0 amide bonds. The minimum Gasteiger partial charge on any atom is -0.374 e. The highest BCUT2D eigenvalue weighted by Gasteiger charge is 2.27. The van der Waals surface area contributed by atoms with E-state index in [-0.39, 0.29) is 6.10 Å². The Kier molecular flexibility index (Phi) is 4.39. The maximum absolute atomic E-state index is 12.2. The number of morpholine rings is 1. The SMILES string of the molecule is CN1CCOC(CN(C)S(=O)(=O)c2cccs2)C1. The van der Waals surface area contributed by atoms with Crippen LogP contribution in [0.2, 0.25) is 0 Å². The number of nitrogens with zero attached hydrogens (tertiary/aromatic N) is 2. The van der Waals surface area contributed by atoms with Gasteiger partial charge in [0.1, 0.15) is 4.21 Å². The molecule has 1 aromatic rings. The molecule has 0 radical (unpaired) electrons. The van der Waals surface area contributed by atoms with Gasteiger partial charge in [-0.15, -0.1) is 11.3 Å². The lowest BCUT2D eigenvalue weighted by molar-refractivity contribution is -0.0247. The van der Waals surface area contributed by atoms with E-state index in [2.05, 4.69) is 4.90 Å². The lowest BCUT2D eigenvalue weighted by Crippen LogP contribution is -2.46. The standard InChI is InChI=1S/C11H18N2O3S2/c1-12-5-6-16-10(8-12)9-13(2)18(14,15)11-4-3-7-17-11/h3-4,7,10H,5-6,8-9H2,1-2H3. The molecule has 1 aliphatic heterocycles. The van der Waals surface area contributed by atoms with Crippen LogP contribution < -0.4 is 0 Å². The summed E-state index contributed by atoms with van der Waals surface area (Å²) in [4.78, 5) is 2.15. The Morgan fingerprint density at radius 1 is 1.61 bits per heavy atom. The van der Waals surface area contributed by atoms with Crippen molar-refractivity contribution in [3.05, 3.63) is 17.5 Å². The first-order valence-electron chi connectivity index (χ1n) is 5.80. The van der Waals surface area contributed by atoms with Crippen LogP contribution in [-0.2, 0) is 14.8 Å². The Hall–Kier alpha value is -0.470. The summed E-state index contributed by atoms with van der Waals surface area (Å²) in [5.74, 6) is 0. The molecule has 1 atom stereocenters. The molecule has 0 N–H and O–H groups in total. The smallest absolute Gasteiger partial charge is 0.252 e. The normalized spacial score (nSPS) is 22.5. The molecule has 1 aromatic heterocycles. The fourth-order valence-corrected chi connectivity index (χ4v) is 4.33. The third-order valence-electron chi connectivity index (χ3n) is 2.96. The quantitative estimate of drug-likeness (QED) is 0.819. The zero-order valence-electron chi connectivity index (χ0n) is 10.6. The van der Waals surface area contributed by atoms with Gasteiger partial charge in [-0.25, -0.2) is 8.42 Å². The fourth-order valence-electron chi connectivity index (χ4n) is 1.93. The summed E-state index contributed by atoms with van der Waals surface area (Å²) in [5, 5.41) is 1.77. The molecule has 1 fully saturated rings. The molecular formula is C11H18N2O3S2. The lowest BCUT2D eigenvalue weighted by atomic mass is 10.3. The Bertz CT molecular complexity index is 472. The first-order chi connectivity index (χ1) is 8.50. The summed E-state index contributed by atoms with van der Waals surface area (Å²) in [7, 11) is 0.262. The van der Waals surface area contributed by atoms with Crippen LogP contribution in [-0.4, -0.2) is 64.1 Å². The van der Waals surface area contributed by atoms with E-state index in [1.807, 2.05) is 7.05 Å². The molecule has 5 nitrogen and oxygen atoms in total. The van der Waals surface area contributed by atoms with Crippen molar-refractivity contribution in [2.45, 2.75) is 10.3 Å². The van der Waals surface area contributed by atoms with Crippen LogP contribution in [0.1, 0.15) is 0 Å². The van der Waals surface area contributed by atoms with Crippen LogP contribution in [0.15, 0.2) is 21.7 Å². The zero-order chi connectivity index (χ0) is 13.2. The molecule has 2 rings (SSSR count). The number of hydrogen-bond donors (Lipinski definition) is 0. The van der Waals surface area contributed by atoms with Crippen molar-refractivity contribution in [1.82, 2.24) is 9.21 Å². The van der Waals surface area contributed by atoms with Crippen LogP contribution in [0.4, 0.5) is 0 Å². The number of rotatable bonds is 4. The lowest BCUT2D eigenvalue weighted by Gasteiger charge is -2.32. The largest absolute Gasteiger partial charge is 0.374 e. The molecule has 18 heavy (non-hydrogen) atoms. The van der Waals surface area contributed by atoms with Gasteiger partial charge in [0.15, 0.2) is 0 Å². The Morgan fingerprint density at radius 3 is 3.00 bits per heavy atom. The highest BCUT2D eigenvalue weighted by molar-refractivity contribution is 7.91. The summed E-state index contributed by atoms with van der Waals surface area (Å²) >= 11 is 1.24. The van der Waals surface area contributed by atoms with E-state index in [4.69, 9.17) is 4.74 Å². The highest BCUT2D eigenvalue weighted by atomic mass is 32.2. The third kappa shape index (κ3) is 3.10. The third-order valence-corrected chi connectivity index (χ3v) is 6.16. The van der Waals surface area contributed by atoms with Gasteiger partial charge in [0.2, 0.25) is 0 Å². The average molecular weight is 290 g/mol. The molecule has 0 aromatic carbocycles. The van der Waals surface area contributed by atoms with Crippen molar-refractivity contribution >= 4 is 21.4 Å². The van der Waals surface area contributed by atoms with E-state index in [0.29, 0.717) is 17.4 Å². The molecule has 2 heterocycles. The van der Waals surface area contributed by atoms with Gasteiger partial charge in [0, 0.05) is 26.7 Å². The number of likely N-dealkylation sites (N-methyl/N-ethyl adjacent to an activating group) is 2. The van der Waals surface area contributed by atoms with E-state index in [0.717, 1.165) is 13.1 Å². The Labute approximate surface area is 112 Å². The second-order valence-corrected chi connectivity index (χ2v) is 7.69. The molecular weight excluding hydrogens is 272 g/mol. The Balaban J connectivity index is 2.01. The maximum atomic E-state index is 12.2. The molecule has 1 unspecified atom stereocenters. The summed E-state index contributed by atoms with van der Waals surface area (Å²) in [6.45, 7) is 2.72. The van der Waals surface area contributed by atoms with Crippen molar-refractivity contribution in [3.63, 3.8) is 0 Å². The molecule has 7 heteroatoms. The number of hydrogen-bond acceptors (Lipinski definition) is 5. The first-order valence-corrected chi connectivity index (χ1v) is 8.12. The minimum atomic E-state index is -3.36. The molecule has 0 bridgehead atoms. The van der Waals surface area contributed by atoms with Crippen LogP contribution in [0, 0.1) is 0 Å². The summed E-state index contributed by atoms with van der Waals surface area (Å²) in [6.07, 6.45) is -0.0523. The summed E-state index contributed by atoms with van der Waals surface area (Å²) in [6, 6.07) is 3.38. The van der Waals surface area contributed by atoms with Crippen molar-refractivity contribution in [2.75, 3.05) is 40.3 Å². The summed E-state index contributed by atoms with van der Waals surface area (Å²) in [5.41, 5.74) is 0. The monoisotopic (exact) mass is 290 g/mol. The van der Waals surface area contributed by atoms with Gasteiger partial charge in [-0.3, -0.25) is 0 Å². The molecule has 0 saturated carbocycles. The van der Waals surface area contributed by atoms with Crippen molar-refractivity contribution < 1.29 is 13.2 Å². The van der Waals surface area contributed by atoms with Crippen LogP contribution in [0.5, 0.6) is 0 Å². The van der Waals surface area contributed by atoms with Crippen molar-refractivity contribution in [2.24, 2.45) is 0 Å². The van der Waals surface area contributed by atoms with E-state index in [1.54, 1.807) is 24.6 Å². The van der Waals surface area contributed by atoms with Gasteiger partial charge in [0.05, 0.1) is 12.7 Å². The van der Waals surface area contributed by atoms with E-state index < -0.39 is 10.0 Å². The molecule has 0 aliphatic carbocycles. The summed E-state index contributed by atoms with van der Waals surface area (Å²) < 4.78 is 31.8. The van der Waals surface area contributed by atoms with Gasteiger partial charge in [-0.2, -0.15) is 4.31 Å². The molecule has 1 saturated heterocycles. The second kappa shape index (κ2) is 5.66. The number of thiophene rings is 1. The number of ether oxygens (including phenoxy) is 1. The fraction of sp³-hybridized carbons (Fsp3) is 0.636. The van der Waals surface area contributed by atoms with Crippen LogP contribution in [0.25, 0.3) is 0 Å². The van der Waals surface area contributed by atoms with Crippen LogP contribution in [0.3, 0.4) is 0 Å². The van der Waals surface area contributed by atoms with Crippen molar-refractivity contribution in [3.8, 4) is 0 Å². The molecule has 102 valence electrons. The van der Waals surface area contributed by atoms with E-state index in [1.165, 1.54) is 15.6 Å². The molecule has 0 spiro atoms. The molecule has 1 aliphatic rings. The predicted octanol–water partition coefficient (Wildman–Crippen LogP) is 0.699. The van der Waals surface area contributed by atoms with E-state index in [9.17, 15) is 8.42 Å². The predicted molar refractivity (Wildman–Crippen MR) is 71.4 cm³/mol. The first kappa shape index (κ1) is 14.0. The van der Waals surface area contributed by atoms with Gasteiger partial charge < -0.3 is 9.64 Å². The van der Waals surface area contributed by atoms with E-state index >= 15 is 0 Å². The Morgan fingerprint density at radius 2 is 2.39 bits per heavy atom. The van der Waals surface area contributed by atoms with Crippen molar-refractivity contribution in [1.29, 1.82) is 0 Å². The van der Waals surface area contributed by atoms with Gasteiger partial charge in [0.25, 0.3) is 10.0 Å². The average Bonchev–Trinajstić information content (AvgIpc) is 2.82. The topological polar surface area (TPSA) is 49.9 Å². The van der Waals surface area contributed by atoms with Gasteiger partial charge >= 0.3 is 0 Å². The minimum absolute atomic E-state index is 0.0523. The van der Waals surface area contributed by atoms with Crippen LogP contribution >= 0.6 is 11.3 Å². The number of sulfonamides is 1. The van der Waals surface area contributed by atoms with Gasteiger partial charge in [-0.05, 0) is 18.5 Å². The second-order valence-electron chi connectivity index (χ2n) is 4.47. The maximum Gasteiger partial charge on any atom is 0.252 e. The zero-order valence-corrected chi connectivity index (χ0v) is 12.2.